The van der Waals surface area contributed by atoms with Crippen LogP contribution in [0.15, 0.2) is 86.0 Å². The highest BCUT2D eigenvalue weighted by Crippen LogP contribution is 2.15. The Hall–Kier alpha value is -4.24. The fourth-order valence-electron chi connectivity index (χ4n) is 4.09. The van der Waals surface area contributed by atoms with Gasteiger partial charge in [0.25, 0.3) is 0 Å². The van der Waals surface area contributed by atoms with Crippen LogP contribution in [0.4, 0.5) is 0 Å². The summed E-state index contributed by atoms with van der Waals surface area (Å²) < 4.78 is 10.2. The number of methoxy groups -OCH3 is 1. The molecule has 0 fully saturated rings. The van der Waals surface area contributed by atoms with Gasteiger partial charge in [-0.1, -0.05) is 72.8 Å². The van der Waals surface area contributed by atoms with Gasteiger partial charge in [-0.3, -0.25) is 14.4 Å². The van der Waals surface area contributed by atoms with Crippen LogP contribution in [0.25, 0.3) is 0 Å². The topological polar surface area (TPSA) is 131 Å². The van der Waals surface area contributed by atoms with Crippen molar-refractivity contribution in [3.05, 3.63) is 97.1 Å². The normalized spacial score (nSPS) is 13.6. The molecular formula is C31H38N2O7. The molecular weight excluding hydrogens is 512 g/mol. The minimum atomic E-state index is -1.33. The molecule has 0 saturated heterocycles. The van der Waals surface area contributed by atoms with Crippen molar-refractivity contribution in [2.75, 3.05) is 20.3 Å². The highest BCUT2D eigenvalue weighted by Gasteiger charge is 2.32. The fourth-order valence-corrected chi connectivity index (χ4v) is 4.09. The predicted octanol–water partition coefficient (Wildman–Crippen LogP) is 2.53. The molecule has 0 saturated carbocycles. The molecule has 2 rings (SSSR count). The highest BCUT2D eigenvalue weighted by molar-refractivity contribution is 6.01. The van der Waals surface area contributed by atoms with E-state index >= 15 is 0 Å². The number of hydrogen-bond acceptors (Lipinski definition) is 7. The van der Waals surface area contributed by atoms with Gasteiger partial charge in [0.2, 0.25) is 11.8 Å². The van der Waals surface area contributed by atoms with Gasteiger partial charge in [0.15, 0.2) is 6.04 Å². The molecule has 0 radical (unpaired) electrons. The van der Waals surface area contributed by atoms with Crippen molar-refractivity contribution in [1.29, 1.82) is 0 Å². The summed E-state index contributed by atoms with van der Waals surface area (Å²) in [5.74, 6) is -4.57. The lowest BCUT2D eigenvalue weighted by Gasteiger charge is -2.23. The summed E-state index contributed by atoms with van der Waals surface area (Å²) in [6.07, 6.45) is 4.14. The molecule has 2 amide bonds. The van der Waals surface area contributed by atoms with E-state index in [9.17, 15) is 24.3 Å². The summed E-state index contributed by atoms with van der Waals surface area (Å²) in [7, 11) is 1.14. The Labute approximate surface area is 235 Å². The summed E-state index contributed by atoms with van der Waals surface area (Å²) in [6, 6.07) is 16.7. The molecule has 1 unspecified atom stereocenters. The minimum Gasteiger partial charge on any atom is -0.467 e. The zero-order chi connectivity index (χ0) is 29.3. The second-order valence-electron chi connectivity index (χ2n) is 9.28. The van der Waals surface area contributed by atoms with Crippen LogP contribution in [-0.2, 0) is 41.5 Å². The van der Waals surface area contributed by atoms with Gasteiger partial charge in [-0.05, 0) is 36.8 Å². The number of aliphatic hydroxyl groups is 1. The SMILES string of the molecule is C=CCC(C(=O)N[C@@H](CO)Cc1ccccc1)C(=O)N[C@H](COC(=O)[C@H](CC=C)Cc1ccccc1)C(=O)OC. The number of carbonyl (C=O) groups excluding carboxylic acids is 4. The minimum absolute atomic E-state index is 0.0205. The maximum atomic E-state index is 13.1. The quantitative estimate of drug-likeness (QED) is 0.157. The van der Waals surface area contributed by atoms with Gasteiger partial charge in [0.1, 0.15) is 12.5 Å². The van der Waals surface area contributed by atoms with Crippen molar-refractivity contribution in [1.82, 2.24) is 10.6 Å². The van der Waals surface area contributed by atoms with Crippen molar-refractivity contribution in [3.63, 3.8) is 0 Å². The molecule has 2 aromatic carbocycles. The van der Waals surface area contributed by atoms with E-state index in [0.717, 1.165) is 18.2 Å². The van der Waals surface area contributed by atoms with Crippen molar-refractivity contribution in [3.8, 4) is 0 Å². The number of nitrogens with one attached hydrogen (secondary N) is 2. The molecule has 0 aliphatic carbocycles. The van der Waals surface area contributed by atoms with Gasteiger partial charge in [-0.2, -0.15) is 0 Å². The molecule has 2 aromatic rings. The lowest BCUT2D eigenvalue weighted by atomic mass is 9.96. The summed E-state index contributed by atoms with van der Waals surface area (Å²) >= 11 is 0. The second-order valence-corrected chi connectivity index (χ2v) is 9.28. The van der Waals surface area contributed by atoms with Gasteiger partial charge in [0, 0.05) is 0 Å². The maximum Gasteiger partial charge on any atom is 0.331 e. The number of hydrogen-bond donors (Lipinski definition) is 3. The molecule has 214 valence electrons. The Morgan fingerprint density at radius 3 is 1.90 bits per heavy atom. The van der Waals surface area contributed by atoms with Crippen LogP contribution in [0.2, 0.25) is 0 Å². The van der Waals surface area contributed by atoms with Crippen LogP contribution in [0.3, 0.4) is 0 Å². The van der Waals surface area contributed by atoms with Crippen LogP contribution in [-0.4, -0.2) is 61.3 Å². The molecule has 0 spiro atoms. The fraction of sp³-hybridized carbons (Fsp3) is 0.355. The Kier molecular flexibility index (Phi) is 13.9. The predicted molar refractivity (Wildman–Crippen MR) is 151 cm³/mol. The molecule has 9 heteroatoms. The number of carbonyl (C=O) groups is 4. The third-order valence-corrected chi connectivity index (χ3v) is 6.23. The van der Waals surface area contributed by atoms with E-state index in [4.69, 9.17) is 9.47 Å². The van der Waals surface area contributed by atoms with E-state index in [1.54, 1.807) is 6.08 Å². The molecule has 0 aromatic heterocycles. The molecule has 0 bridgehead atoms. The van der Waals surface area contributed by atoms with Crippen LogP contribution in [0.1, 0.15) is 24.0 Å². The molecule has 0 aliphatic heterocycles. The molecule has 9 nitrogen and oxygen atoms in total. The average molecular weight is 551 g/mol. The number of esters is 2. The number of aliphatic hydroxyl groups excluding tert-OH is 1. The third-order valence-electron chi connectivity index (χ3n) is 6.23. The number of allylic oxidation sites excluding steroid dienone is 2. The first-order chi connectivity index (χ1) is 19.3. The Morgan fingerprint density at radius 2 is 1.38 bits per heavy atom. The second kappa shape index (κ2) is 17.4. The van der Waals surface area contributed by atoms with E-state index in [1.807, 2.05) is 60.7 Å². The van der Waals surface area contributed by atoms with E-state index in [0.29, 0.717) is 19.3 Å². The van der Waals surface area contributed by atoms with Crippen LogP contribution in [0, 0.1) is 11.8 Å². The van der Waals surface area contributed by atoms with Gasteiger partial charge in [0.05, 0.1) is 25.7 Å². The third kappa shape index (κ3) is 10.5. The zero-order valence-corrected chi connectivity index (χ0v) is 22.8. The maximum absolute atomic E-state index is 13.1. The van der Waals surface area contributed by atoms with Crippen molar-refractivity contribution < 1.29 is 33.8 Å². The van der Waals surface area contributed by atoms with Crippen LogP contribution >= 0.6 is 0 Å². The van der Waals surface area contributed by atoms with Gasteiger partial charge >= 0.3 is 11.9 Å². The van der Waals surface area contributed by atoms with E-state index in [1.165, 1.54) is 6.08 Å². The van der Waals surface area contributed by atoms with Crippen molar-refractivity contribution >= 4 is 23.8 Å². The summed E-state index contributed by atoms with van der Waals surface area (Å²) in [6.45, 7) is 6.51. The van der Waals surface area contributed by atoms with Crippen LogP contribution < -0.4 is 10.6 Å². The lowest BCUT2D eigenvalue weighted by molar-refractivity contribution is -0.155. The number of benzene rings is 2. The zero-order valence-electron chi connectivity index (χ0n) is 22.8. The number of rotatable bonds is 17. The Bertz CT molecular complexity index is 1120. The first-order valence-corrected chi connectivity index (χ1v) is 13.1. The monoisotopic (exact) mass is 550 g/mol. The first-order valence-electron chi connectivity index (χ1n) is 13.1. The summed E-state index contributed by atoms with van der Waals surface area (Å²) in [5.41, 5.74) is 1.84. The smallest absolute Gasteiger partial charge is 0.331 e. The summed E-state index contributed by atoms with van der Waals surface area (Å²) in [4.78, 5) is 51.4. The lowest BCUT2D eigenvalue weighted by Crippen LogP contribution is -2.52. The summed E-state index contributed by atoms with van der Waals surface area (Å²) in [5, 5.41) is 14.9. The average Bonchev–Trinajstić information content (AvgIpc) is 2.97. The number of amides is 2. The van der Waals surface area contributed by atoms with E-state index in [-0.39, 0.29) is 13.0 Å². The molecule has 0 heterocycles. The standard InChI is InChI=1S/C31H38N2O7/c1-4-12-24(18-22-14-8-6-9-15-22)30(37)40-21-27(31(38)39-3)33-29(36)26(13-5-2)28(35)32-25(20-34)19-23-16-10-7-11-17-23/h4-11,14-17,24-27,34H,1-2,12-13,18-21H2,3H3,(H,32,35)(H,33,36)/t24-,25-,26?,27-/m1/s1. The van der Waals surface area contributed by atoms with Crippen molar-refractivity contribution in [2.45, 2.75) is 37.8 Å². The molecule has 4 atom stereocenters. The van der Waals surface area contributed by atoms with Crippen LogP contribution in [0.5, 0.6) is 0 Å². The highest BCUT2D eigenvalue weighted by atomic mass is 16.5. The van der Waals surface area contributed by atoms with E-state index in [2.05, 4.69) is 23.8 Å². The molecule has 0 aliphatic rings. The molecule has 40 heavy (non-hydrogen) atoms. The number of ether oxygens (including phenoxy) is 2. The Morgan fingerprint density at radius 1 is 0.825 bits per heavy atom. The van der Waals surface area contributed by atoms with E-state index < -0.39 is 54.3 Å². The molecule has 3 N–H and O–H groups in total. The van der Waals surface area contributed by atoms with Gasteiger partial charge in [-0.15, -0.1) is 13.2 Å². The van der Waals surface area contributed by atoms with Gasteiger partial charge < -0.3 is 25.2 Å². The largest absolute Gasteiger partial charge is 0.467 e. The van der Waals surface area contributed by atoms with Crippen molar-refractivity contribution in [2.24, 2.45) is 11.8 Å². The Balaban J connectivity index is 2.06. The first kappa shape index (κ1) is 32.0. The van der Waals surface area contributed by atoms with Gasteiger partial charge in [-0.25, -0.2) is 4.79 Å².